The molecule has 1 aliphatic heterocycles. The maximum atomic E-state index is 12.8. The Labute approximate surface area is 164 Å². The summed E-state index contributed by atoms with van der Waals surface area (Å²) in [5.74, 6) is -0.567. The average Bonchev–Trinajstić information content (AvgIpc) is 2.81. The molecule has 0 aromatic heterocycles. The van der Waals surface area contributed by atoms with Gasteiger partial charge in [0.15, 0.2) is 0 Å². The zero-order valence-electron chi connectivity index (χ0n) is 16.3. The van der Waals surface area contributed by atoms with Gasteiger partial charge >= 0.3 is 0 Å². The number of carbonyl (C=O) groups excluding carboxylic acids is 3. The van der Waals surface area contributed by atoms with E-state index < -0.39 is 0 Å². The van der Waals surface area contributed by atoms with Crippen molar-refractivity contribution >= 4 is 34.8 Å². The second-order valence-electron chi connectivity index (χ2n) is 6.79. The average molecular weight is 380 g/mol. The van der Waals surface area contributed by atoms with Gasteiger partial charge in [0.2, 0.25) is 5.91 Å². The lowest BCUT2D eigenvalue weighted by Crippen LogP contribution is -2.23. The largest absolute Gasteiger partial charge is 0.372 e. The lowest BCUT2D eigenvalue weighted by atomic mass is 10.1. The van der Waals surface area contributed by atoms with Crippen molar-refractivity contribution in [3.63, 3.8) is 0 Å². The first kappa shape index (κ1) is 19.4. The molecule has 0 saturated heterocycles. The minimum atomic E-state index is -0.305. The Bertz CT molecular complexity index is 939. The van der Waals surface area contributed by atoms with Crippen LogP contribution < -0.4 is 20.9 Å². The summed E-state index contributed by atoms with van der Waals surface area (Å²) in [6.45, 7) is 4.87. The summed E-state index contributed by atoms with van der Waals surface area (Å²) in [7, 11) is 1.91. The van der Waals surface area contributed by atoms with Gasteiger partial charge in [0.25, 0.3) is 11.8 Å². The number of anilines is 3. The van der Waals surface area contributed by atoms with E-state index in [0.29, 0.717) is 42.0 Å². The zero-order chi connectivity index (χ0) is 20.3. The van der Waals surface area contributed by atoms with E-state index in [1.54, 1.807) is 30.3 Å². The lowest BCUT2D eigenvalue weighted by molar-refractivity contribution is -0.115. The molecule has 3 N–H and O–H groups in total. The summed E-state index contributed by atoms with van der Waals surface area (Å²) >= 11 is 0. The Morgan fingerprint density at radius 3 is 2.57 bits per heavy atom. The number of hydrogen-bond donors (Lipinski definition) is 3. The van der Waals surface area contributed by atoms with Crippen LogP contribution in [0.5, 0.6) is 0 Å². The number of nitrogens with zero attached hydrogens (tertiary/aromatic N) is 1. The van der Waals surface area contributed by atoms with Crippen LogP contribution in [0.3, 0.4) is 0 Å². The number of nitrogens with one attached hydrogen (secondary N) is 3. The number of carbonyl (C=O) groups is 3. The fourth-order valence-electron chi connectivity index (χ4n) is 3.07. The Balaban J connectivity index is 1.85. The lowest BCUT2D eigenvalue weighted by Gasteiger charge is -2.19. The third kappa shape index (κ3) is 4.14. The number of rotatable bonds is 4. The van der Waals surface area contributed by atoms with Crippen molar-refractivity contribution in [1.29, 1.82) is 0 Å². The van der Waals surface area contributed by atoms with Crippen LogP contribution >= 0.6 is 0 Å². The van der Waals surface area contributed by atoms with Crippen molar-refractivity contribution in [2.75, 3.05) is 35.7 Å². The van der Waals surface area contributed by atoms with E-state index in [4.69, 9.17) is 0 Å². The molecule has 0 spiro atoms. The van der Waals surface area contributed by atoms with Gasteiger partial charge in [0, 0.05) is 43.4 Å². The van der Waals surface area contributed by atoms with E-state index in [-0.39, 0.29) is 17.7 Å². The predicted octanol–water partition coefficient (Wildman–Crippen LogP) is 2.78. The van der Waals surface area contributed by atoms with Crippen LogP contribution in [0.25, 0.3) is 0 Å². The molecule has 28 heavy (non-hydrogen) atoms. The zero-order valence-corrected chi connectivity index (χ0v) is 16.3. The van der Waals surface area contributed by atoms with Crippen molar-refractivity contribution in [3.05, 3.63) is 53.1 Å². The number of hydrogen-bond acceptors (Lipinski definition) is 4. The Morgan fingerprint density at radius 1 is 1.11 bits per heavy atom. The second kappa shape index (κ2) is 8.12. The maximum absolute atomic E-state index is 12.8. The molecule has 7 nitrogen and oxygen atoms in total. The first-order chi connectivity index (χ1) is 13.4. The molecule has 7 heteroatoms. The molecule has 0 unspecified atom stereocenters. The van der Waals surface area contributed by atoms with Crippen molar-refractivity contribution < 1.29 is 14.4 Å². The summed E-state index contributed by atoms with van der Waals surface area (Å²) in [5.41, 5.74) is 3.83. The van der Waals surface area contributed by atoms with E-state index >= 15 is 0 Å². The fraction of sp³-hybridized carbons (Fsp3) is 0.286. The molecule has 2 aromatic carbocycles. The molecule has 0 aliphatic carbocycles. The minimum absolute atomic E-state index is 0.0753. The van der Waals surface area contributed by atoms with E-state index in [9.17, 15) is 14.4 Å². The summed E-state index contributed by atoms with van der Waals surface area (Å²) in [6.07, 6.45) is 0.401. The molecule has 0 atom stereocenters. The molecule has 0 radical (unpaired) electrons. The first-order valence-corrected chi connectivity index (χ1v) is 9.24. The molecule has 0 saturated carbocycles. The van der Waals surface area contributed by atoms with Gasteiger partial charge in [0.1, 0.15) is 0 Å². The third-order valence-corrected chi connectivity index (χ3v) is 4.70. The summed E-state index contributed by atoms with van der Waals surface area (Å²) in [4.78, 5) is 38.7. The van der Waals surface area contributed by atoms with Gasteiger partial charge in [-0.1, -0.05) is 6.07 Å². The highest BCUT2D eigenvalue weighted by Gasteiger charge is 2.19. The molecular weight excluding hydrogens is 356 g/mol. The van der Waals surface area contributed by atoms with Crippen LogP contribution in [-0.4, -0.2) is 37.9 Å². The number of amides is 3. The number of benzene rings is 2. The molecule has 3 amide bonds. The Morgan fingerprint density at radius 2 is 1.82 bits per heavy atom. The molecule has 3 rings (SSSR count). The quantitative estimate of drug-likeness (QED) is 0.761. The number of fused-ring (bicyclic) bond motifs is 1. The summed E-state index contributed by atoms with van der Waals surface area (Å²) in [6, 6.07) is 10.4. The molecule has 0 fully saturated rings. The normalized spacial score (nSPS) is 13.2. The highest BCUT2D eigenvalue weighted by atomic mass is 16.2. The molecule has 1 aliphatic rings. The smallest absolute Gasteiger partial charge is 0.255 e. The van der Waals surface area contributed by atoms with Gasteiger partial charge < -0.3 is 20.9 Å². The van der Waals surface area contributed by atoms with Crippen molar-refractivity contribution in [1.82, 2.24) is 5.32 Å². The molecule has 146 valence electrons. The monoisotopic (exact) mass is 380 g/mol. The van der Waals surface area contributed by atoms with Crippen LogP contribution in [0.4, 0.5) is 17.1 Å². The molecule has 0 bridgehead atoms. The van der Waals surface area contributed by atoms with Gasteiger partial charge in [-0.15, -0.1) is 0 Å². The van der Waals surface area contributed by atoms with Crippen LogP contribution in [0.15, 0.2) is 36.4 Å². The second-order valence-corrected chi connectivity index (χ2v) is 6.79. The standard InChI is InChI=1S/C21H24N4O3/c1-4-22-20(27)14-6-5-13(2)16(11-14)24-21(28)15-7-8-18-17(12-15)23-19(26)9-10-25(18)3/h5-8,11-12H,4,9-10H2,1-3H3,(H,22,27)(H,23,26)(H,24,28). The van der Waals surface area contributed by atoms with E-state index in [1.165, 1.54) is 0 Å². The summed E-state index contributed by atoms with van der Waals surface area (Å²) < 4.78 is 0. The topological polar surface area (TPSA) is 90.5 Å². The minimum Gasteiger partial charge on any atom is -0.372 e. The molecule has 1 heterocycles. The number of aryl methyl sites for hydroxylation is 1. The van der Waals surface area contributed by atoms with Gasteiger partial charge in [-0.25, -0.2) is 0 Å². The maximum Gasteiger partial charge on any atom is 0.255 e. The molecular formula is C21H24N4O3. The van der Waals surface area contributed by atoms with E-state index in [2.05, 4.69) is 16.0 Å². The van der Waals surface area contributed by atoms with Crippen LogP contribution in [-0.2, 0) is 4.79 Å². The first-order valence-electron chi connectivity index (χ1n) is 9.24. The highest BCUT2D eigenvalue weighted by Crippen LogP contribution is 2.29. The van der Waals surface area contributed by atoms with Crippen LogP contribution in [0, 0.1) is 6.92 Å². The third-order valence-electron chi connectivity index (χ3n) is 4.70. The van der Waals surface area contributed by atoms with Crippen molar-refractivity contribution in [2.45, 2.75) is 20.3 Å². The van der Waals surface area contributed by atoms with E-state index in [0.717, 1.165) is 11.3 Å². The highest BCUT2D eigenvalue weighted by molar-refractivity contribution is 6.07. The van der Waals surface area contributed by atoms with Crippen molar-refractivity contribution in [2.24, 2.45) is 0 Å². The molecule has 2 aromatic rings. The van der Waals surface area contributed by atoms with Crippen LogP contribution in [0.2, 0.25) is 0 Å². The Kier molecular flexibility index (Phi) is 5.63. The van der Waals surface area contributed by atoms with Gasteiger partial charge in [-0.2, -0.15) is 0 Å². The predicted molar refractivity (Wildman–Crippen MR) is 110 cm³/mol. The van der Waals surface area contributed by atoms with E-state index in [1.807, 2.05) is 31.9 Å². The van der Waals surface area contributed by atoms with Gasteiger partial charge in [-0.05, 0) is 49.7 Å². The van der Waals surface area contributed by atoms with Crippen LogP contribution in [0.1, 0.15) is 39.6 Å². The SMILES string of the molecule is CCNC(=O)c1ccc(C)c(NC(=O)c2ccc3c(c2)NC(=O)CCN3C)c1. The summed E-state index contributed by atoms with van der Waals surface area (Å²) in [5, 5.41) is 8.46. The van der Waals surface area contributed by atoms with Gasteiger partial charge in [0.05, 0.1) is 11.4 Å². The van der Waals surface area contributed by atoms with Crippen molar-refractivity contribution in [3.8, 4) is 0 Å². The van der Waals surface area contributed by atoms with Gasteiger partial charge in [-0.3, -0.25) is 14.4 Å². The Hall–Kier alpha value is -3.35. The fourth-order valence-corrected chi connectivity index (χ4v) is 3.07.